The quantitative estimate of drug-likeness (QED) is 0.772. The van der Waals surface area contributed by atoms with Gasteiger partial charge in [0.25, 0.3) is 0 Å². The van der Waals surface area contributed by atoms with Gasteiger partial charge < -0.3 is 15.4 Å². The van der Waals surface area contributed by atoms with E-state index in [1.54, 1.807) is 7.11 Å². The molecule has 0 saturated carbocycles. The standard InChI is InChI=1S/C14H24N2O/c1-11(2)10-16(8-9-17-4)14-12(3)6-5-7-13(14)15/h5-7,11H,8-10,15H2,1-4H3. The van der Waals surface area contributed by atoms with Gasteiger partial charge in [-0.15, -0.1) is 0 Å². The lowest BCUT2D eigenvalue weighted by atomic mass is 10.1. The number of aryl methyl sites for hydroxylation is 1. The Hall–Kier alpha value is -1.22. The van der Waals surface area contributed by atoms with Crippen molar-refractivity contribution < 1.29 is 4.74 Å². The normalized spacial score (nSPS) is 10.9. The minimum Gasteiger partial charge on any atom is -0.397 e. The summed E-state index contributed by atoms with van der Waals surface area (Å²) in [7, 11) is 1.73. The molecule has 0 atom stereocenters. The van der Waals surface area contributed by atoms with Crippen LogP contribution in [0.15, 0.2) is 18.2 Å². The molecule has 0 heterocycles. The predicted octanol–water partition coefficient (Wildman–Crippen LogP) is 2.69. The largest absolute Gasteiger partial charge is 0.397 e. The van der Waals surface area contributed by atoms with Gasteiger partial charge in [0.2, 0.25) is 0 Å². The highest BCUT2D eigenvalue weighted by Gasteiger charge is 2.13. The van der Waals surface area contributed by atoms with Gasteiger partial charge >= 0.3 is 0 Å². The third kappa shape index (κ3) is 3.93. The van der Waals surface area contributed by atoms with Gasteiger partial charge in [-0.25, -0.2) is 0 Å². The van der Waals surface area contributed by atoms with Crippen LogP contribution in [0.1, 0.15) is 19.4 Å². The molecule has 3 heteroatoms. The lowest BCUT2D eigenvalue weighted by molar-refractivity contribution is 0.204. The minimum atomic E-state index is 0.603. The number of benzene rings is 1. The van der Waals surface area contributed by atoms with Gasteiger partial charge in [-0.05, 0) is 24.5 Å². The molecule has 0 spiro atoms. The Morgan fingerprint density at radius 2 is 2.06 bits per heavy atom. The summed E-state index contributed by atoms with van der Waals surface area (Å²) in [5.41, 5.74) is 9.31. The molecule has 96 valence electrons. The van der Waals surface area contributed by atoms with Crippen LogP contribution in [0.4, 0.5) is 11.4 Å². The van der Waals surface area contributed by atoms with Crippen LogP contribution < -0.4 is 10.6 Å². The second-order valence-corrected chi connectivity index (χ2v) is 4.85. The second-order valence-electron chi connectivity index (χ2n) is 4.85. The first-order valence-electron chi connectivity index (χ1n) is 6.15. The van der Waals surface area contributed by atoms with Crippen molar-refractivity contribution in [2.75, 3.05) is 37.4 Å². The Labute approximate surface area is 105 Å². The van der Waals surface area contributed by atoms with Gasteiger partial charge in [-0.2, -0.15) is 0 Å². The van der Waals surface area contributed by atoms with Crippen LogP contribution in [0.2, 0.25) is 0 Å². The van der Waals surface area contributed by atoms with E-state index < -0.39 is 0 Å². The van der Waals surface area contributed by atoms with E-state index in [9.17, 15) is 0 Å². The van der Waals surface area contributed by atoms with Crippen LogP contribution in [-0.4, -0.2) is 26.8 Å². The van der Waals surface area contributed by atoms with E-state index in [0.29, 0.717) is 5.92 Å². The maximum atomic E-state index is 6.09. The molecule has 0 bridgehead atoms. The summed E-state index contributed by atoms with van der Waals surface area (Å²) in [4.78, 5) is 2.32. The average Bonchev–Trinajstić information content (AvgIpc) is 2.24. The average molecular weight is 236 g/mol. The number of hydrogen-bond acceptors (Lipinski definition) is 3. The lowest BCUT2D eigenvalue weighted by Gasteiger charge is -2.29. The lowest BCUT2D eigenvalue weighted by Crippen LogP contribution is -2.32. The zero-order valence-electron chi connectivity index (χ0n) is 11.4. The van der Waals surface area contributed by atoms with Crippen LogP contribution in [0, 0.1) is 12.8 Å². The fourth-order valence-electron chi connectivity index (χ4n) is 2.05. The number of rotatable bonds is 6. The Kier molecular flexibility index (Phi) is 5.29. The number of anilines is 2. The molecule has 0 fully saturated rings. The molecule has 0 amide bonds. The SMILES string of the molecule is COCCN(CC(C)C)c1c(C)cccc1N. The van der Waals surface area contributed by atoms with Gasteiger partial charge in [-0.3, -0.25) is 0 Å². The molecule has 2 N–H and O–H groups in total. The summed E-state index contributed by atoms with van der Waals surface area (Å²) < 4.78 is 5.17. The monoisotopic (exact) mass is 236 g/mol. The summed E-state index contributed by atoms with van der Waals surface area (Å²) in [5, 5.41) is 0. The number of nitrogens with two attached hydrogens (primary N) is 1. The molecule has 3 nitrogen and oxygen atoms in total. The van der Waals surface area contributed by atoms with E-state index >= 15 is 0 Å². The van der Waals surface area contributed by atoms with Crippen molar-refractivity contribution in [1.29, 1.82) is 0 Å². The molecule has 0 radical (unpaired) electrons. The Bertz CT molecular complexity index is 330. The molecule has 0 unspecified atom stereocenters. The molecule has 0 aromatic heterocycles. The first-order chi connectivity index (χ1) is 8.06. The number of methoxy groups -OCH3 is 1. The summed E-state index contributed by atoms with van der Waals surface area (Å²) in [6.07, 6.45) is 0. The van der Waals surface area contributed by atoms with Crippen LogP contribution in [0.5, 0.6) is 0 Å². The van der Waals surface area contributed by atoms with Crippen molar-refractivity contribution in [3.05, 3.63) is 23.8 Å². The molecule has 17 heavy (non-hydrogen) atoms. The van der Waals surface area contributed by atoms with E-state index in [2.05, 4.69) is 31.7 Å². The van der Waals surface area contributed by atoms with Crippen molar-refractivity contribution in [1.82, 2.24) is 0 Å². The number of nitrogens with zero attached hydrogens (tertiary/aromatic N) is 1. The van der Waals surface area contributed by atoms with E-state index in [0.717, 1.165) is 31.1 Å². The second kappa shape index (κ2) is 6.50. The van der Waals surface area contributed by atoms with Crippen molar-refractivity contribution in [3.63, 3.8) is 0 Å². The molecular weight excluding hydrogens is 212 g/mol. The molecule has 0 aliphatic rings. The molecule has 0 aliphatic heterocycles. The predicted molar refractivity (Wildman–Crippen MR) is 74.5 cm³/mol. The number of hydrogen-bond donors (Lipinski definition) is 1. The summed E-state index contributed by atoms with van der Waals surface area (Å²) in [6.45, 7) is 9.14. The topological polar surface area (TPSA) is 38.5 Å². The van der Waals surface area contributed by atoms with E-state index in [-0.39, 0.29) is 0 Å². The van der Waals surface area contributed by atoms with Gasteiger partial charge in [0.15, 0.2) is 0 Å². The molecule has 1 aromatic rings. The third-order valence-electron chi connectivity index (χ3n) is 2.74. The zero-order chi connectivity index (χ0) is 12.8. The van der Waals surface area contributed by atoms with Gasteiger partial charge in [0.1, 0.15) is 0 Å². The smallest absolute Gasteiger partial charge is 0.0637 e. The molecule has 0 saturated heterocycles. The fourth-order valence-corrected chi connectivity index (χ4v) is 2.05. The molecular formula is C14H24N2O. The Balaban J connectivity index is 2.94. The van der Waals surface area contributed by atoms with Crippen molar-refractivity contribution in [2.45, 2.75) is 20.8 Å². The molecule has 1 rings (SSSR count). The number of para-hydroxylation sites is 1. The zero-order valence-corrected chi connectivity index (χ0v) is 11.4. The minimum absolute atomic E-state index is 0.603. The van der Waals surface area contributed by atoms with Crippen LogP contribution in [0.3, 0.4) is 0 Å². The highest BCUT2D eigenvalue weighted by Crippen LogP contribution is 2.27. The van der Waals surface area contributed by atoms with Crippen LogP contribution >= 0.6 is 0 Å². The van der Waals surface area contributed by atoms with Crippen molar-refractivity contribution in [2.24, 2.45) is 5.92 Å². The van der Waals surface area contributed by atoms with Crippen LogP contribution in [-0.2, 0) is 4.74 Å². The van der Waals surface area contributed by atoms with Gasteiger partial charge in [-0.1, -0.05) is 26.0 Å². The van der Waals surface area contributed by atoms with E-state index in [1.807, 2.05) is 12.1 Å². The first kappa shape index (κ1) is 13.8. The Morgan fingerprint density at radius 1 is 1.35 bits per heavy atom. The summed E-state index contributed by atoms with van der Waals surface area (Å²) in [5.74, 6) is 0.603. The third-order valence-corrected chi connectivity index (χ3v) is 2.74. The van der Waals surface area contributed by atoms with Gasteiger partial charge in [0.05, 0.1) is 18.0 Å². The van der Waals surface area contributed by atoms with Crippen molar-refractivity contribution in [3.8, 4) is 0 Å². The van der Waals surface area contributed by atoms with E-state index in [4.69, 9.17) is 10.5 Å². The molecule has 0 aliphatic carbocycles. The highest BCUT2D eigenvalue weighted by atomic mass is 16.5. The fraction of sp³-hybridized carbons (Fsp3) is 0.571. The summed E-state index contributed by atoms with van der Waals surface area (Å²) in [6, 6.07) is 6.06. The number of nitrogen functional groups attached to an aromatic ring is 1. The van der Waals surface area contributed by atoms with E-state index in [1.165, 1.54) is 5.56 Å². The maximum absolute atomic E-state index is 6.09. The summed E-state index contributed by atoms with van der Waals surface area (Å²) >= 11 is 0. The number of ether oxygens (including phenoxy) is 1. The van der Waals surface area contributed by atoms with Crippen molar-refractivity contribution >= 4 is 11.4 Å². The van der Waals surface area contributed by atoms with Crippen LogP contribution in [0.25, 0.3) is 0 Å². The first-order valence-corrected chi connectivity index (χ1v) is 6.15. The van der Waals surface area contributed by atoms with Gasteiger partial charge in [0, 0.05) is 20.2 Å². The molecule has 1 aromatic carbocycles. The maximum Gasteiger partial charge on any atom is 0.0637 e. The Morgan fingerprint density at radius 3 is 2.59 bits per heavy atom. The highest BCUT2D eigenvalue weighted by molar-refractivity contribution is 5.71.